The van der Waals surface area contributed by atoms with Crippen molar-refractivity contribution < 1.29 is 23.1 Å². The van der Waals surface area contributed by atoms with E-state index in [2.05, 4.69) is 10.3 Å². The Bertz CT molecular complexity index is 1000. The van der Waals surface area contributed by atoms with Crippen LogP contribution >= 0.6 is 0 Å². The molecule has 32 heavy (non-hydrogen) atoms. The Hall–Kier alpha value is -2.35. The Labute approximate surface area is 186 Å². The number of carbonyl (C=O) groups is 2. The van der Waals surface area contributed by atoms with Crippen molar-refractivity contribution in [3.63, 3.8) is 0 Å². The van der Waals surface area contributed by atoms with E-state index < -0.39 is 5.92 Å². The topological polar surface area (TPSA) is 72.7 Å². The molecule has 0 unspecified atom stereocenters. The molecule has 0 atom stereocenters. The molecule has 1 amide bonds. The molecule has 2 aliphatic rings. The van der Waals surface area contributed by atoms with Gasteiger partial charge in [-0.05, 0) is 57.1 Å². The van der Waals surface area contributed by atoms with Crippen LogP contribution in [-0.2, 0) is 11.2 Å². The van der Waals surface area contributed by atoms with E-state index in [0.29, 0.717) is 55.8 Å². The van der Waals surface area contributed by atoms with Crippen LogP contribution in [0, 0.1) is 12.8 Å². The third-order valence-electron chi connectivity index (χ3n) is 6.72. The highest BCUT2D eigenvalue weighted by atomic mass is 19.3. The summed E-state index contributed by atoms with van der Waals surface area (Å²) >= 11 is 0. The fourth-order valence-electron chi connectivity index (χ4n) is 4.83. The lowest BCUT2D eigenvalue weighted by atomic mass is 9.83. The molecule has 3 heterocycles. The lowest BCUT2D eigenvalue weighted by Gasteiger charge is -2.28. The van der Waals surface area contributed by atoms with E-state index in [1.54, 1.807) is 13.0 Å². The van der Waals surface area contributed by atoms with Gasteiger partial charge in [0, 0.05) is 49.8 Å². The van der Waals surface area contributed by atoms with Crippen molar-refractivity contribution in [2.75, 3.05) is 13.2 Å². The number of nitrogens with zero attached hydrogens (tertiary/aromatic N) is 2. The van der Waals surface area contributed by atoms with Crippen molar-refractivity contribution in [1.82, 2.24) is 14.7 Å². The van der Waals surface area contributed by atoms with E-state index in [9.17, 15) is 18.4 Å². The molecule has 0 bridgehead atoms. The van der Waals surface area contributed by atoms with Crippen LogP contribution in [0.3, 0.4) is 0 Å². The second-order valence-electron chi connectivity index (χ2n) is 9.13. The predicted octanol–water partition coefficient (Wildman–Crippen LogP) is 4.51. The summed E-state index contributed by atoms with van der Waals surface area (Å²) in [6, 6.07) is 3.61. The Balaban J connectivity index is 1.63. The van der Waals surface area contributed by atoms with Gasteiger partial charge in [0.2, 0.25) is 5.92 Å². The number of ether oxygens (including phenoxy) is 1. The number of ketones is 1. The average molecular weight is 448 g/mol. The molecule has 1 aliphatic heterocycles. The van der Waals surface area contributed by atoms with Gasteiger partial charge < -0.3 is 14.5 Å². The molecule has 174 valence electrons. The van der Waals surface area contributed by atoms with Gasteiger partial charge in [-0.1, -0.05) is 6.92 Å². The maximum absolute atomic E-state index is 13.6. The minimum absolute atomic E-state index is 0.0718. The molecule has 0 aromatic carbocycles. The van der Waals surface area contributed by atoms with Crippen LogP contribution in [0.5, 0.6) is 0 Å². The zero-order valence-electron chi connectivity index (χ0n) is 18.8. The van der Waals surface area contributed by atoms with Gasteiger partial charge in [0.25, 0.3) is 5.91 Å². The van der Waals surface area contributed by atoms with Gasteiger partial charge in [0.05, 0.1) is 5.69 Å². The standard InChI is InChI=1S/C24H31F2N3O3/c1-3-20(30)22-19(13-16-4-8-24(25,26)9-5-16)29-15(2)12-17(14-21(29)28-22)23(31)27-18-6-10-32-11-7-18/h12,14,16,18H,3-11,13H2,1-2H3,(H,27,31). The Kier molecular flexibility index (Phi) is 6.60. The zero-order chi connectivity index (χ0) is 22.9. The highest BCUT2D eigenvalue weighted by Gasteiger charge is 2.36. The fraction of sp³-hybridized carbons (Fsp3) is 0.625. The summed E-state index contributed by atoms with van der Waals surface area (Å²) in [5, 5.41) is 3.06. The molecule has 1 N–H and O–H groups in total. The Morgan fingerprint density at radius 3 is 2.53 bits per heavy atom. The van der Waals surface area contributed by atoms with Crippen molar-refractivity contribution in [2.24, 2.45) is 5.92 Å². The minimum atomic E-state index is -2.58. The van der Waals surface area contributed by atoms with E-state index in [4.69, 9.17) is 4.74 Å². The van der Waals surface area contributed by atoms with Crippen molar-refractivity contribution in [3.05, 3.63) is 34.8 Å². The maximum Gasteiger partial charge on any atom is 0.251 e. The number of aromatic nitrogens is 2. The number of pyridine rings is 1. The number of rotatable bonds is 6. The van der Waals surface area contributed by atoms with Gasteiger partial charge in [0.15, 0.2) is 5.78 Å². The van der Waals surface area contributed by atoms with Crippen LogP contribution in [-0.4, -0.2) is 46.3 Å². The van der Waals surface area contributed by atoms with E-state index in [-0.39, 0.29) is 36.5 Å². The molecule has 1 aliphatic carbocycles. The first-order chi connectivity index (χ1) is 15.3. The number of amides is 1. The zero-order valence-corrected chi connectivity index (χ0v) is 18.8. The van der Waals surface area contributed by atoms with Crippen molar-refractivity contribution in [1.29, 1.82) is 0 Å². The summed E-state index contributed by atoms with van der Waals surface area (Å²) in [5.41, 5.74) is 3.03. The van der Waals surface area contributed by atoms with Crippen molar-refractivity contribution in [2.45, 2.75) is 77.2 Å². The summed E-state index contributed by atoms with van der Waals surface area (Å²) in [5.74, 6) is -2.73. The first-order valence-corrected chi connectivity index (χ1v) is 11.6. The number of imidazole rings is 1. The summed E-state index contributed by atoms with van der Waals surface area (Å²) in [6.45, 7) is 4.96. The van der Waals surface area contributed by atoms with Crippen LogP contribution in [0.25, 0.3) is 5.65 Å². The molecular formula is C24H31F2N3O3. The first-order valence-electron chi connectivity index (χ1n) is 11.6. The largest absolute Gasteiger partial charge is 0.381 e. The summed E-state index contributed by atoms with van der Waals surface area (Å²) in [4.78, 5) is 30.1. The van der Waals surface area contributed by atoms with Gasteiger partial charge in [-0.3, -0.25) is 9.59 Å². The smallest absolute Gasteiger partial charge is 0.251 e. The molecular weight excluding hydrogens is 416 g/mol. The van der Waals surface area contributed by atoms with Crippen LogP contribution in [0.4, 0.5) is 8.78 Å². The third kappa shape index (κ3) is 4.85. The normalized spacial score (nSPS) is 19.9. The number of halogens is 2. The van der Waals surface area contributed by atoms with Crippen LogP contribution in [0.15, 0.2) is 12.1 Å². The molecule has 2 aromatic rings. The lowest BCUT2D eigenvalue weighted by molar-refractivity contribution is -0.0457. The number of hydrogen-bond donors (Lipinski definition) is 1. The molecule has 0 spiro atoms. The SMILES string of the molecule is CCC(=O)c1nc2cc(C(=O)NC3CCOCC3)cc(C)n2c1CC1CCC(F)(F)CC1. The van der Waals surface area contributed by atoms with Crippen LogP contribution in [0.2, 0.25) is 0 Å². The van der Waals surface area contributed by atoms with Crippen molar-refractivity contribution in [3.8, 4) is 0 Å². The highest BCUT2D eigenvalue weighted by molar-refractivity contribution is 5.97. The first kappa shape index (κ1) is 22.8. The summed E-state index contributed by atoms with van der Waals surface area (Å²) in [6.07, 6.45) is 3.08. The second kappa shape index (κ2) is 9.25. The monoisotopic (exact) mass is 447 g/mol. The van der Waals surface area contributed by atoms with Crippen molar-refractivity contribution >= 4 is 17.3 Å². The van der Waals surface area contributed by atoms with Gasteiger partial charge in [0.1, 0.15) is 11.3 Å². The number of hydrogen-bond acceptors (Lipinski definition) is 4. The predicted molar refractivity (Wildman–Crippen MR) is 116 cm³/mol. The molecule has 4 rings (SSSR count). The third-order valence-corrected chi connectivity index (χ3v) is 6.72. The number of carbonyl (C=O) groups excluding carboxylic acids is 2. The van der Waals surface area contributed by atoms with E-state index in [1.807, 2.05) is 17.4 Å². The quantitative estimate of drug-likeness (QED) is 0.662. The second-order valence-corrected chi connectivity index (χ2v) is 9.13. The summed E-state index contributed by atoms with van der Waals surface area (Å²) in [7, 11) is 0. The number of aryl methyl sites for hydroxylation is 1. The molecule has 2 fully saturated rings. The molecule has 6 nitrogen and oxygen atoms in total. The van der Waals surface area contributed by atoms with Crippen LogP contribution in [0.1, 0.15) is 84.1 Å². The van der Waals surface area contributed by atoms with Gasteiger partial charge in [-0.15, -0.1) is 0 Å². The van der Waals surface area contributed by atoms with E-state index in [0.717, 1.165) is 24.2 Å². The number of nitrogens with one attached hydrogen (secondary N) is 1. The molecule has 1 saturated carbocycles. The minimum Gasteiger partial charge on any atom is -0.381 e. The molecule has 2 aromatic heterocycles. The molecule has 8 heteroatoms. The number of Topliss-reactive ketones (excluding diaryl/α,β-unsaturated/α-hetero) is 1. The number of fused-ring (bicyclic) bond motifs is 1. The van der Waals surface area contributed by atoms with Gasteiger partial charge in [-0.2, -0.15) is 0 Å². The lowest BCUT2D eigenvalue weighted by Crippen LogP contribution is -2.38. The Morgan fingerprint density at radius 2 is 1.88 bits per heavy atom. The Morgan fingerprint density at radius 1 is 1.19 bits per heavy atom. The van der Waals surface area contributed by atoms with Crippen LogP contribution < -0.4 is 5.32 Å². The van der Waals surface area contributed by atoms with Gasteiger partial charge in [-0.25, -0.2) is 13.8 Å². The fourth-order valence-corrected chi connectivity index (χ4v) is 4.83. The maximum atomic E-state index is 13.6. The molecule has 0 radical (unpaired) electrons. The average Bonchev–Trinajstić information content (AvgIpc) is 3.14. The molecule has 1 saturated heterocycles. The highest BCUT2D eigenvalue weighted by Crippen LogP contribution is 2.38. The van der Waals surface area contributed by atoms with E-state index >= 15 is 0 Å². The van der Waals surface area contributed by atoms with E-state index in [1.165, 1.54) is 0 Å². The number of alkyl halides is 2. The summed E-state index contributed by atoms with van der Waals surface area (Å²) < 4.78 is 34.5. The van der Waals surface area contributed by atoms with Gasteiger partial charge >= 0.3 is 0 Å².